The van der Waals surface area contributed by atoms with Crippen LogP contribution in [0.4, 0.5) is 0 Å². The number of halogens is 2. The van der Waals surface area contributed by atoms with E-state index in [4.69, 9.17) is 38.4 Å². The highest BCUT2D eigenvalue weighted by atomic mass is 35.5. The number of hydrogen-bond donors (Lipinski definition) is 1. The first kappa shape index (κ1) is 14.5. The molecule has 21 heavy (non-hydrogen) atoms. The van der Waals surface area contributed by atoms with Gasteiger partial charge in [0.2, 0.25) is 0 Å². The molecule has 3 rings (SSSR count). The Kier molecular flexibility index (Phi) is 4.24. The van der Waals surface area contributed by atoms with Gasteiger partial charge >= 0.3 is 0 Å². The van der Waals surface area contributed by atoms with Gasteiger partial charge in [0.05, 0.1) is 19.3 Å². The van der Waals surface area contributed by atoms with E-state index < -0.39 is 6.04 Å². The molecule has 0 aromatic heterocycles. The van der Waals surface area contributed by atoms with Crippen molar-refractivity contribution in [3.8, 4) is 11.5 Å². The summed E-state index contributed by atoms with van der Waals surface area (Å²) in [5.41, 5.74) is 7.93. The minimum Gasteiger partial charge on any atom is -0.490 e. The quantitative estimate of drug-likeness (QED) is 0.900. The number of nitrogens with two attached hydrogens (primary N) is 1. The van der Waals surface area contributed by atoms with Crippen LogP contribution >= 0.6 is 23.2 Å². The second-order valence-electron chi connectivity index (χ2n) is 4.87. The Hall–Kier alpha value is -1.42. The van der Waals surface area contributed by atoms with Crippen LogP contribution in [-0.2, 0) is 0 Å². The Balaban J connectivity index is 1.98. The van der Waals surface area contributed by atoms with Gasteiger partial charge in [0.1, 0.15) is 0 Å². The summed E-state index contributed by atoms with van der Waals surface area (Å²) in [6.07, 6.45) is 0.867. The van der Waals surface area contributed by atoms with Gasteiger partial charge in [-0.25, -0.2) is 0 Å². The number of rotatable bonds is 2. The Morgan fingerprint density at radius 3 is 2.33 bits per heavy atom. The van der Waals surface area contributed by atoms with Gasteiger partial charge in [-0.2, -0.15) is 0 Å². The first-order valence-corrected chi connectivity index (χ1v) is 7.51. The number of fused-ring (bicyclic) bond motifs is 1. The van der Waals surface area contributed by atoms with E-state index in [0.717, 1.165) is 23.3 Å². The zero-order chi connectivity index (χ0) is 14.8. The fourth-order valence-corrected chi connectivity index (χ4v) is 2.98. The molecule has 1 heterocycles. The van der Waals surface area contributed by atoms with E-state index in [1.165, 1.54) is 0 Å². The molecule has 0 aliphatic carbocycles. The average Bonchev–Trinajstić information content (AvgIpc) is 2.71. The minimum atomic E-state index is -0.414. The van der Waals surface area contributed by atoms with Crippen LogP contribution in [0.15, 0.2) is 36.4 Å². The third-order valence-electron chi connectivity index (χ3n) is 3.44. The van der Waals surface area contributed by atoms with Crippen molar-refractivity contribution in [2.75, 3.05) is 13.2 Å². The van der Waals surface area contributed by atoms with Crippen molar-refractivity contribution in [2.24, 2.45) is 5.73 Å². The Labute approximate surface area is 133 Å². The summed E-state index contributed by atoms with van der Waals surface area (Å²) in [4.78, 5) is 0. The average molecular weight is 324 g/mol. The lowest BCUT2D eigenvalue weighted by Crippen LogP contribution is -2.13. The molecule has 0 spiro atoms. The second kappa shape index (κ2) is 6.14. The second-order valence-corrected chi connectivity index (χ2v) is 5.68. The van der Waals surface area contributed by atoms with E-state index in [2.05, 4.69) is 0 Å². The topological polar surface area (TPSA) is 44.5 Å². The summed E-state index contributed by atoms with van der Waals surface area (Å²) >= 11 is 12.4. The summed E-state index contributed by atoms with van der Waals surface area (Å²) in [5.74, 6) is 1.46. The van der Waals surface area contributed by atoms with Crippen molar-refractivity contribution in [1.82, 2.24) is 0 Å². The van der Waals surface area contributed by atoms with Crippen LogP contribution in [0.5, 0.6) is 11.5 Å². The Morgan fingerprint density at radius 1 is 0.952 bits per heavy atom. The van der Waals surface area contributed by atoms with Gasteiger partial charge < -0.3 is 15.2 Å². The van der Waals surface area contributed by atoms with Gasteiger partial charge in [0, 0.05) is 22.0 Å². The number of ether oxygens (including phenoxy) is 2. The molecule has 2 aromatic rings. The van der Waals surface area contributed by atoms with Gasteiger partial charge in [-0.1, -0.05) is 35.3 Å². The van der Waals surface area contributed by atoms with Gasteiger partial charge in [-0.05, 0) is 29.8 Å². The summed E-state index contributed by atoms with van der Waals surface area (Å²) in [7, 11) is 0. The lowest BCUT2D eigenvalue weighted by atomic mass is 9.99. The standard InChI is InChI=1S/C16H15Cl2NO2/c17-11-3-1-4-12(18)15(11)16(19)10-5-6-13-14(9-10)21-8-2-7-20-13/h1,3-6,9,16H,2,7-8,19H2. The predicted molar refractivity (Wildman–Crippen MR) is 84.5 cm³/mol. The smallest absolute Gasteiger partial charge is 0.161 e. The highest BCUT2D eigenvalue weighted by Crippen LogP contribution is 2.37. The SMILES string of the molecule is NC(c1ccc2c(c1)OCCCO2)c1c(Cl)cccc1Cl. The van der Waals surface area contributed by atoms with Crippen LogP contribution in [0.3, 0.4) is 0 Å². The monoisotopic (exact) mass is 323 g/mol. The third-order valence-corrected chi connectivity index (χ3v) is 4.10. The van der Waals surface area contributed by atoms with Crippen LogP contribution < -0.4 is 15.2 Å². The number of hydrogen-bond acceptors (Lipinski definition) is 3. The maximum absolute atomic E-state index is 6.32. The maximum Gasteiger partial charge on any atom is 0.161 e. The summed E-state index contributed by atoms with van der Waals surface area (Å²) in [6.45, 7) is 1.30. The molecule has 0 saturated heterocycles. The molecule has 0 bridgehead atoms. The van der Waals surface area contributed by atoms with Crippen molar-refractivity contribution in [1.29, 1.82) is 0 Å². The predicted octanol–water partition coefficient (Wildman–Crippen LogP) is 4.20. The first-order chi connectivity index (χ1) is 10.2. The van der Waals surface area contributed by atoms with Crippen LogP contribution in [-0.4, -0.2) is 13.2 Å². The fraction of sp³-hybridized carbons (Fsp3) is 0.250. The lowest BCUT2D eigenvalue weighted by Gasteiger charge is -2.17. The van der Waals surface area contributed by atoms with Crippen molar-refractivity contribution < 1.29 is 9.47 Å². The molecule has 1 unspecified atom stereocenters. The third kappa shape index (κ3) is 2.95. The van der Waals surface area contributed by atoms with Gasteiger partial charge in [-0.3, -0.25) is 0 Å². The van der Waals surface area contributed by atoms with E-state index in [-0.39, 0.29) is 0 Å². The molecule has 0 saturated carbocycles. The zero-order valence-corrected chi connectivity index (χ0v) is 12.8. The minimum absolute atomic E-state index is 0.414. The molecule has 1 aliphatic rings. The van der Waals surface area contributed by atoms with Crippen molar-refractivity contribution in [2.45, 2.75) is 12.5 Å². The molecular formula is C16H15Cl2NO2. The molecule has 110 valence electrons. The van der Waals surface area contributed by atoms with Gasteiger partial charge in [-0.15, -0.1) is 0 Å². The first-order valence-electron chi connectivity index (χ1n) is 6.76. The van der Waals surface area contributed by atoms with Crippen LogP contribution in [0.2, 0.25) is 10.0 Å². The highest BCUT2D eigenvalue weighted by molar-refractivity contribution is 6.36. The number of benzene rings is 2. The maximum atomic E-state index is 6.32. The largest absolute Gasteiger partial charge is 0.490 e. The van der Waals surface area contributed by atoms with E-state index in [1.807, 2.05) is 18.2 Å². The van der Waals surface area contributed by atoms with Crippen molar-refractivity contribution in [3.63, 3.8) is 0 Å². The zero-order valence-electron chi connectivity index (χ0n) is 11.3. The Morgan fingerprint density at radius 2 is 1.62 bits per heavy atom. The summed E-state index contributed by atoms with van der Waals surface area (Å²) < 4.78 is 11.3. The molecule has 2 aromatic carbocycles. The normalized spacial score (nSPS) is 15.4. The molecule has 0 amide bonds. The molecule has 0 fully saturated rings. The molecule has 2 N–H and O–H groups in total. The van der Waals surface area contributed by atoms with Crippen LogP contribution in [0, 0.1) is 0 Å². The van der Waals surface area contributed by atoms with Gasteiger partial charge in [0.25, 0.3) is 0 Å². The highest BCUT2D eigenvalue weighted by Gasteiger charge is 2.19. The summed E-state index contributed by atoms with van der Waals surface area (Å²) in [6, 6.07) is 10.6. The molecule has 1 aliphatic heterocycles. The molecule has 0 radical (unpaired) electrons. The van der Waals surface area contributed by atoms with E-state index in [0.29, 0.717) is 29.0 Å². The molecular weight excluding hydrogens is 309 g/mol. The molecule has 3 nitrogen and oxygen atoms in total. The van der Waals surface area contributed by atoms with Crippen molar-refractivity contribution >= 4 is 23.2 Å². The van der Waals surface area contributed by atoms with Crippen LogP contribution in [0.25, 0.3) is 0 Å². The van der Waals surface area contributed by atoms with E-state index in [9.17, 15) is 0 Å². The lowest BCUT2D eigenvalue weighted by molar-refractivity contribution is 0.297. The van der Waals surface area contributed by atoms with Crippen LogP contribution in [0.1, 0.15) is 23.6 Å². The summed E-state index contributed by atoms with van der Waals surface area (Å²) in [5, 5.41) is 1.12. The Bertz CT molecular complexity index is 640. The van der Waals surface area contributed by atoms with E-state index in [1.54, 1.807) is 18.2 Å². The molecule has 5 heteroatoms. The van der Waals surface area contributed by atoms with Crippen molar-refractivity contribution in [3.05, 3.63) is 57.6 Å². The van der Waals surface area contributed by atoms with E-state index >= 15 is 0 Å². The molecule has 1 atom stereocenters. The van der Waals surface area contributed by atoms with Gasteiger partial charge in [0.15, 0.2) is 11.5 Å². The fourth-order valence-electron chi connectivity index (χ4n) is 2.35.